The topological polar surface area (TPSA) is 0 Å². The minimum absolute atomic E-state index is 0.367. The number of hydrogen-bond acceptors (Lipinski definition) is 0. The van der Waals surface area contributed by atoms with Gasteiger partial charge in [-0.25, -0.2) is 0 Å². The molecule has 9 heteroatoms. The average Bonchev–Trinajstić information content (AvgIpc) is 2.37. The standard InChI is InChI=1S/C13H10Cl9/c1-2-4-8-5-3-6-9(7-8)10(14,15)11(16,17)12(18,19)13(20,21)22/h3,5-7H,1-2,4H2. The second kappa shape index (κ2) is 7.60. The van der Waals surface area contributed by atoms with Crippen molar-refractivity contribution in [1.82, 2.24) is 0 Å². The van der Waals surface area contributed by atoms with E-state index in [2.05, 4.69) is 6.92 Å². The fourth-order valence-corrected chi connectivity index (χ4v) is 3.90. The lowest BCUT2D eigenvalue weighted by Crippen LogP contribution is -2.54. The predicted molar refractivity (Wildman–Crippen MR) is 103 cm³/mol. The third-order valence-electron chi connectivity index (χ3n) is 2.90. The summed E-state index contributed by atoms with van der Waals surface area (Å²) in [4.78, 5) is 0. The zero-order valence-corrected chi connectivity index (χ0v) is 17.6. The van der Waals surface area contributed by atoms with Crippen LogP contribution in [0.5, 0.6) is 0 Å². The number of rotatable bonds is 5. The van der Waals surface area contributed by atoms with E-state index in [1.165, 1.54) is 0 Å². The number of hydrogen-bond donors (Lipinski definition) is 0. The number of alkyl halides is 9. The molecule has 0 aliphatic carbocycles. The minimum atomic E-state index is -2.29. The van der Waals surface area contributed by atoms with Crippen molar-refractivity contribution in [3.63, 3.8) is 0 Å². The van der Waals surface area contributed by atoms with E-state index in [4.69, 9.17) is 104 Å². The van der Waals surface area contributed by atoms with E-state index in [0.29, 0.717) is 18.4 Å². The largest absolute Gasteiger partial charge is 0.226 e. The summed E-state index contributed by atoms with van der Waals surface area (Å²) in [5.74, 6) is 0. The molecule has 0 N–H and O–H groups in total. The molecular formula is C13H10Cl9. The van der Waals surface area contributed by atoms with Crippen molar-refractivity contribution in [1.29, 1.82) is 0 Å². The van der Waals surface area contributed by atoms with Gasteiger partial charge in [0.1, 0.15) is 0 Å². The zero-order valence-electron chi connectivity index (χ0n) is 10.8. The summed E-state index contributed by atoms with van der Waals surface area (Å²) >= 11 is 54.6. The predicted octanol–water partition coefficient (Wildman–Crippen LogP) is 7.80. The maximum atomic E-state index is 6.36. The molecule has 125 valence electrons. The van der Waals surface area contributed by atoms with Gasteiger partial charge in [0.05, 0.1) is 0 Å². The van der Waals surface area contributed by atoms with Crippen molar-refractivity contribution in [2.75, 3.05) is 0 Å². The van der Waals surface area contributed by atoms with Crippen LogP contribution < -0.4 is 0 Å². The van der Waals surface area contributed by atoms with Crippen LogP contribution in [0.1, 0.15) is 17.5 Å². The van der Waals surface area contributed by atoms with Crippen LogP contribution in [0.4, 0.5) is 0 Å². The molecule has 0 nitrogen and oxygen atoms in total. The van der Waals surface area contributed by atoms with Crippen LogP contribution in [0.25, 0.3) is 0 Å². The summed E-state index contributed by atoms with van der Waals surface area (Å²) in [6, 6.07) is 6.96. The molecule has 0 unspecified atom stereocenters. The Kier molecular flexibility index (Phi) is 7.56. The molecule has 22 heavy (non-hydrogen) atoms. The first kappa shape index (κ1) is 21.9. The Morgan fingerprint density at radius 1 is 0.818 bits per heavy atom. The Morgan fingerprint density at radius 3 is 1.82 bits per heavy atom. The molecular weight excluding hydrogens is 475 g/mol. The first-order valence-electron chi connectivity index (χ1n) is 5.88. The summed E-state index contributed by atoms with van der Waals surface area (Å²) in [5, 5.41) is 0. The molecule has 0 amide bonds. The molecule has 0 aliphatic rings. The van der Waals surface area contributed by atoms with Crippen molar-refractivity contribution in [2.24, 2.45) is 0 Å². The van der Waals surface area contributed by atoms with Gasteiger partial charge in [-0.2, -0.15) is 0 Å². The Hall–Kier alpha value is 1.83. The fourth-order valence-electron chi connectivity index (χ4n) is 1.68. The van der Waals surface area contributed by atoms with Crippen molar-refractivity contribution in [2.45, 2.75) is 29.6 Å². The summed E-state index contributed by atoms with van der Waals surface area (Å²) in [7, 11) is 0. The third-order valence-corrected chi connectivity index (χ3v) is 8.38. The van der Waals surface area contributed by atoms with Crippen LogP contribution in [-0.2, 0) is 10.8 Å². The molecule has 0 aliphatic heterocycles. The number of halogens is 9. The van der Waals surface area contributed by atoms with Crippen LogP contribution in [0, 0.1) is 6.92 Å². The Balaban J connectivity index is 3.35. The van der Waals surface area contributed by atoms with Gasteiger partial charge < -0.3 is 0 Å². The molecule has 0 atom stereocenters. The van der Waals surface area contributed by atoms with E-state index < -0.39 is 16.8 Å². The lowest BCUT2D eigenvalue weighted by Gasteiger charge is -2.44. The van der Waals surface area contributed by atoms with Gasteiger partial charge in [-0.1, -0.05) is 136 Å². The minimum Gasteiger partial charge on any atom is -0.0943 e. The lowest BCUT2D eigenvalue weighted by atomic mass is 10.0. The third kappa shape index (κ3) is 4.14. The molecule has 1 aromatic carbocycles. The first-order valence-corrected chi connectivity index (χ1v) is 9.28. The quantitative estimate of drug-likeness (QED) is 0.374. The van der Waals surface area contributed by atoms with E-state index in [9.17, 15) is 0 Å². The zero-order chi connectivity index (χ0) is 17.4. The molecule has 1 radical (unpaired) electrons. The van der Waals surface area contributed by atoms with Crippen LogP contribution in [0.3, 0.4) is 0 Å². The highest BCUT2D eigenvalue weighted by molar-refractivity contribution is 6.80. The molecule has 0 saturated heterocycles. The van der Waals surface area contributed by atoms with Crippen molar-refractivity contribution >= 4 is 104 Å². The monoisotopic (exact) mass is 481 g/mol. The van der Waals surface area contributed by atoms with E-state index in [1.807, 2.05) is 6.07 Å². The summed E-state index contributed by atoms with van der Waals surface area (Å²) in [6.45, 7) is 3.78. The van der Waals surface area contributed by atoms with Crippen LogP contribution in [0.2, 0.25) is 0 Å². The lowest BCUT2D eigenvalue weighted by molar-refractivity contribution is 0.600. The SMILES string of the molecule is [CH2]CCc1cccc(C(Cl)(Cl)C(Cl)(Cl)C(Cl)(Cl)C(Cl)(Cl)Cl)c1. The second-order valence-electron chi connectivity index (χ2n) is 4.52. The molecule has 0 spiro atoms. The average molecular weight is 485 g/mol. The summed E-state index contributed by atoms with van der Waals surface area (Å²) < 4.78 is -8.71. The van der Waals surface area contributed by atoms with Crippen LogP contribution >= 0.6 is 104 Å². The molecule has 0 bridgehead atoms. The maximum absolute atomic E-state index is 6.36. The summed E-state index contributed by atoms with van der Waals surface area (Å²) in [6.07, 6.45) is 1.41. The molecule has 1 rings (SSSR count). The highest BCUT2D eigenvalue weighted by atomic mass is 35.6. The van der Waals surface area contributed by atoms with E-state index in [1.54, 1.807) is 18.2 Å². The highest BCUT2D eigenvalue weighted by Gasteiger charge is 2.68. The van der Waals surface area contributed by atoms with Gasteiger partial charge >= 0.3 is 0 Å². The van der Waals surface area contributed by atoms with Crippen molar-refractivity contribution in [3.05, 3.63) is 42.3 Å². The van der Waals surface area contributed by atoms with Crippen molar-refractivity contribution < 1.29 is 0 Å². The van der Waals surface area contributed by atoms with Gasteiger partial charge in [-0.3, -0.25) is 0 Å². The van der Waals surface area contributed by atoms with Gasteiger partial charge in [0.2, 0.25) is 8.13 Å². The summed E-state index contributed by atoms with van der Waals surface area (Å²) in [5.41, 5.74) is 1.30. The fraction of sp³-hybridized carbons (Fsp3) is 0.462. The normalized spacial score (nSPS) is 14.3. The smallest absolute Gasteiger partial charge is 0.0943 e. The molecule has 0 saturated carbocycles. The molecule has 0 aromatic heterocycles. The molecule has 0 heterocycles. The maximum Gasteiger partial charge on any atom is 0.226 e. The Labute approximate surface area is 175 Å². The van der Waals surface area contributed by atoms with Gasteiger partial charge in [0.25, 0.3) is 0 Å². The Bertz CT molecular complexity index is 516. The number of aryl methyl sites for hydroxylation is 1. The second-order valence-corrected chi connectivity index (χ2v) is 10.8. The van der Waals surface area contributed by atoms with Gasteiger partial charge in [0.15, 0.2) is 8.67 Å². The molecule has 0 fully saturated rings. The van der Waals surface area contributed by atoms with Crippen molar-refractivity contribution in [3.8, 4) is 0 Å². The Morgan fingerprint density at radius 2 is 1.36 bits per heavy atom. The van der Waals surface area contributed by atoms with E-state index in [0.717, 1.165) is 5.56 Å². The first-order chi connectivity index (χ1) is 9.79. The number of benzene rings is 1. The van der Waals surface area contributed by atoms with Gasteiger partial charge in [-0.15, -0.1) is 0 Å². The molecule has 1 aromatic rings. The van der Waals surface area contributed by atoms with E-state index >= 15 is 0 Å². The van der Waals surface area contributed by atoms with E-state index in [-0.39, 0.29) is 0 Å². The van der Waals surface area contributed by atoms with Gasteiger partial charge in [-0.05, 0) is 24.0 Å². The highest BCUT2D eigenvalue weighted by Crippen LogP contribution is 2.65. The van der Waals surface area contributed by atoms with Crippen LogP contribution in [-0.4, -0.2) is 12.5 Å². The van der Waals surface area contributed by atoms with Gasteiger partial charge in [0, 0.05) is 0 Å². The van der Waals surface area contributed by atoms with Crippen LogP contribution in [0.15, 0.2) is 24.3 Å².